The van der Waals surface area contributed by atoms with Gasteiger partial charge in [0.2, 0.25) is 5.03 Å². The third-order valence-corrected chi connectivity index (χ3v) is 4.90. The molecule has 3 rings (SSSR count). The summed E-state index contributed by atoms with van der Waals surface area (Å²) in [7, 11) is 2.09. The largest absolute Gasteiger partial charge is 0.240 e. The molecular formula is C19H18NS+. The Bertz CT molecular complexity index is 656. The highest BCUT2D eigenvalue weighted by molar-refractivity contribution is 7.99. The van der Waals surface area contributed by atoms with Crippen molar-refractivity contribution < 1.29 is 4.57 Å². The second-order valence-electron chi connectivity index (χ2n) is 4.97. The number of pyridine rings is 1. The molecule has 0 spiro atoms. The minimum absolute atomic E-state index is 0.306. The Kier molecular flexibility index (Phi) is 4.37. The molecule has 0 amide bonds. The SMILES string of the molecule is C[n+]1ccccc1SC(c1ccccc1)c1ccccc1. The van der Waals surface area contributed by atoms with E-state index in [9.17, 15) is 0 Å². The molecule has 104 valence electrons. The zero-order valence-corrected chi connectivity index (χ0v) is 12.8. The van der Waals surface area contributed by atoms with Crippen LogP contribution in [0.4, 0.5) is 0 Å². The second kappa shape index (κ2) is 6.59. The maximum atomic E-state index is 2.20. The Labute approximate surface area is 130 Å². The number of benzene rings is 2. The number of aromatic nitrogens is 1. The van der Waals surface area contributed by atoms with Crippen molar-refractivity contribution in [3.05, 3.63) is 96.2 Å². The van der Waals surface area contributed by atoms with E-state index < -0.39 is 0 Å². The van der Waals surface area contributed by atoms with Gasteiger partial charge in [-0.05, 0) is 29.0 Å². The number of nitrogens with zero attached hydrogens (tertiary/aromatic N) is 1. The van der Waals surface area contributed by atoms with Crippen LogP contribution in [-0.4, -0.2) is 0 Å². The molecule has 3 aromatic rings. The van der Waals surface area contributed by atoms with Crippen LogP contribution in [0.1, 0.15) is 16.4 Å². The van der Waals surface area contributed by atoms with Crippen LogP contribution >= 0.6 is 11.8 Å². The molecule has 1 aromatic heterocycles. The molecular weight excluding hydrogens is 274 g/mol. The van der Waals surface area contributed by atoms with Crippen molar-refractivity contribution in [2.75, 3.05) is 0 Å². The number of thioether (sulfide) groups is 1. The van der Waals surface area contributed by atoms with E-state index in [2.05, 4.69) is 96.7 Å². The van der Waals surface area contributed by atoms with E-state index in [1.807, 2.05) is 11.8 Å². The predicted molar refractivity (Wildman–Crippen MR) is 88.2 cm³/mol. The molecule has 0 aliphatic heterocycles. The summed E-state index contributed by atoms with van der Waals surface area (Å²) in [4.78, 5) is 0. The smallest absolute Gasteiger partial charge is 0.196 e. The molecule has 0 aliphatic carbocycles. The molecule has 0 bridgehead atoms. The second-order valence-corrected chi connectivity index (χ2v) is 6.09. The standard InChI is InChI=1S/C19H18NS/c1-20-15-9-8-14-18(20)21-19(16-10-4-2-5-11-16)17-12-6-3-7-13-17/h2-15,19H,1H3/q+1. The summed E-state index contributed by atoms with van der Waals surface area (Å²) in [5.74, 6) is 0. The molecule has 0 N–H and O–H groups in total. The lowest BCUT2D eigenvalue weighted by Gasteiger charge is -2.16. The summed E-state index contributed by atoms with van der Waals surface area (Å²) < 4.78 is 2.17. The molecule has 0 saturated heterocycles. The van der Waals surface area contributed by atoms with Crippen LogP contribution in [0, 0.1) is 0 Å². The van der Waals surface area contributed by atoms with Crippen LogP contribution in [-0.2, 0) is 7.05 Å². The zero-order valence-electron chi connectivity index (χ0n) is 12.0. The average molecular weight is 292 g/mol. The lowest BCUT2D eigenvalue weighted by atomic mass is 10.0. The Balaban J connectivity index is 1.99. The van der Waals surface area contributed by atoms with Crippen molar-refractivity contribution in [1.29, 1.82) is 0 Å². The van der Waals surface area contributed by atoms with Gasteiger partial charge in [0, 0.05) is 12.1 Å². The van der Waals surface area contributed by atoms with Crippen LogP contribution in [0.3, 0.4) is 0 Å². The first-order valence-corrected chi connectivity index (χ1v) is 7.94. The Morgan fingerprint density at radius 2 is 1.24 bits per heavy atom. The van der Waals surface area contributed by atoms with Gasteiger partial charge in [-0.1, -0.05) is 60.7 Å². The van der Waals surface area contributed by atoms with Crippen LogP contribution in [0.2, 0.25) is 0 Å². The lowest BCUT2D eigenvalue weighted by molar-refractivity contribution is -0.708. The third-order valence-electron chi connectivity index (χ3n) is 3.45. The van der Waals surface area contributed by atoms with Gasteiger partial charge in [0.15, 0.2) is 6.20 Å². The monoisotopic (exact) mass is 292 g/mol. The van der Waals surface area contributed by atoms with E-state index in [4.69, 9.17) is 0 Å². The fraction of sp³-hybridized carbons (Fsp3) is 0.105. The lowest BCUT2D eigenvalue weighted by Crippen LogP contribution is -2.30. The first-order chi connectivity index (χ1) is 10.3. The first-order valence-electron chi connectivity index (χ1n) is 7.06. The Hall–Kier alpha value is -2.06. The van der Waals surface area contributed by atoms with E-state index in [1.165, 1.54) is 16.2 Å². The number of hydrogen-bond acceptors (Lipinski definition) is 1. The molecule has 2 aromatic carbocycles. The van der Waals surface area contributed by atoms with Crippen molar-refractivity contribution in [2.45, 2.75) is 10.3 Å². The summed E-state index contributed by atoms with van der Waals surface area (Å²) in [6, 6.07) is 27.7. The van der Waals surface area contributed by atoms with Crippen LogP contribution in [0.25, 0.3) is 0 Å². The molecule has 0 saturated carbocycles. The molecule has 0 fully saturated rings. The van der Waals surface area contributed by atoms with Gasteiger partial charge in [0.25, 0.3) is 0 Å². The maximum Gasteiger partial charge on any atom is 0.240 e. The molecule has 0 atom stereocenters. The van der Waals surface area contributed by atoms with Gasteiger partial charge in [0.05, 0.1) is 5.25 Å². The summed E-state index contributed by atoms with van der Waals surface area (Å²) >= 11 is 1.88. The van der Waals surface area contributed by atoms with Crippen molar-refractivity contribution in [3.63, 3.8) is 0 Å². The predicted octanol–water partition coefficient (Wildman–Crippen LogP) is 4.39. The molecule has 0 radical (unpaired) electrons. The Morgan fingerprint density at radius 1 is 0.714 bits per heavy atom. The van der Waals surface area contributed by atoms with Crippen molar-refractivity contribution in [3.8, 4) is 0 Å². The topological polar surface area (TPSA) is 3.88 Å². The highest BCUT2D eigenvalue weighted by atomic mass is 32.2. The highest BCUT2D eigenvalue weighted by Crippen LogP contribution is 2.38. The minimum Gasteiger partial charge on any atom is -0.196 e. The van der Waals surface area contributed by atoms with Crippen LogP contribution in [0.15, 0.2) is 90.1 Å². The van der Waals surface area contributed by atoms with E-state index in [-0.39, 0.29) is 0 Å². The fourth-order valence-corrected chi connectivity index (χ4v) is 3.55. The van der Waals surface area contributed by atoms with Gasteiger partial charge in [-0.15, -0.1) is 0 Å². The van der Waals surface area contributed by atoms with Crippen molar-refractivity contribution >= 4 is 11.8 Å². The van der Waals surface area contributed by atoms with Gasteiger partial charge in [-0.25, -0.2) is 0 Å². The molecule has 1 nitrogen and oxygen atoms in total. The summed E-state index contributed by atoms with van der Waals surface area (Å²) in [6.07, 6.45) is 2.09. The molecule has 1 heterocycles. The quantitative estimate of drug-likeness (QED) is 0.509. The summed E-state index contributed by atoms with van der Waals surface area (Å²) in [5, 5.41) is 1.57. The maximum absolute atomic E-state index is 2.20. The van der Waals surface area contributed by atoms with Crippen LogP contribution in [0.5, 0.6) is 0 Å². The highest BCUT2D eigenvalue weighted by Gasteiger charge is 2.19. The van der Waals surface area contributed by atoms with E-state index in [0.29, 0.717) is 5.25 Å². The van der Waals surface area contributed by atoms with E-state index in [0.717, 1.165) is 0 Å². The average Bonchev–Trinajstić information content (AvgIpc) is 2.56. The van der Waals surface area contributed by atoms with Gasteiger partial charge < -0.3 is 0 Å². The normalized spacial score (nSPS) is 10.8. The Morgan fingerprint density at radius 3 is 1.76 bits per heavy atom. The fourth-order valence-electron chi connectivity index (χ4n) is 2.34. The van der Waals surface area contributed by atoms with Gasteiger partial charge in [-0.2, -0.15) is 4.57 Å². The van der Waals surface area contributed by atoms with Crippen molar-refractivity contribution in [1.82, 2.24) is 0 Å². The van der Waals surface area contributed by atoms with E-state index in [1.54, 1.807) is 0 Å². The van der Waals surface area contributed by atoms with Gasteiger partial charge in [0.1, 0.15) is 7.05 Å². The number of aryl methyl sites for hydroxylation is 1. The third kappa shape index (κ3) is 3.34. The van der Waals surface area contributed by atoms with Crippen LogP contribution < -0.4 is 4.57 Å². The van der Waals surface area contributed by atoms with E-state index >= 15 is 0 Å². The van der Waals surface area contributed by atoms with Gasteiger partial charge in [-0.3, -0.25) is 0 Å². The van der Waals surface area contributed by atoms with Gasteiger partial charge >= 0.3 is 0 Å². The summed E-state index contributed by atoms with van der Waals surface area (Å²) in [6.45, 7) is 0. The summed E-state index contributed by atoms with van der Waals surface area (Å²) in [5.41, 5.74) is 2.66. The first kappa shape index (κ1) is 13.9. The van der Waals surface area contributed by atoms with Crippen molar-refractivity contribution in [2.24, 2.45) is 7.05 Å². The minimum atomic E-state index is 0.306. The molecule has 2 heteroatoms. The molecule has 0 aliphatic rings. The number of hydrogen-bond donors (Lipinski definition) is 0. The number of rotatable bonds is 4. The zero-order chi connectivity index (χ0) is 14.5. The molecule has 0 unspecified atom stereocenters. The molecule has 21 heavy (non-hydrogen) atoms.